The van der Waals surface area contributed by atoms with Crippen LogP contribution in [0.25, 0.3) is 21.9 Å². The Morgan fingerprint density at radius 3 is 2.08 bits per heavy atom. The van der Waals surface area contributed by atoms with Gasteiger partial charge in [-0.3, -0.25) is 0 Å². The molecule has 0 nitrogen and oxygen atoms in total. The second kappa shape index (κ2) is 6.33. The van der Waals surface area contributed by atoms with E-state index < -0.39 is 0 Å². The summed E-state index contributed by atoms with van der Waals surface area (Å²) in [6.07, 6.45) is 0. The van der Waals surface area contributed by atoms with Gasteiger partial charge in [-0.2, -0.15) is 0 Å². The van der Waals surface area contributed by atoms with Crippen LogP contribution in [0.3, 0.4) is 0 Å². The first kappa shape index (κ1) is 17.7. The molecule has 0 spiro atoms. The van der Waals surface area contributed by atoms with Gasteiger partial charge in [0.2, 0.25) is 0 Å². The van der Waals surface area contributed by atoms with Gasteiger partial charge < -0.3 is 0 Å². The summed E-state index contributed by atoms with van der Waals surface area (Å²) in [4.78, 5) is 0. The fourth-order valence-corrected chi connectivity index (χ4v) is 3.97. The van der Waals surface area contributed by atoms with Crippen molar-refractivity contribution in [1.82, 2.24) is 0 Å². The third kappa shape index (κ3) is 2.78. The molecule has 0 bridgehead atoms. The van der Waals surface area contributed by atoms with Gasteiger partial charge >= 0.3 is 0 Å². The number of rotatable bonds is 1. The summed E-state index contributed by atoms with van der Waals surface area (Å²) in [6, 6.07) is 18.6. The molecule has 1 aliphatic rings. The van der Waals surface area contributed by atoms with Crippen molar-refractivity contribution in [2.24, 2.45) is 0 Å². The molecule has 0 amide bonds. The van der Waals surface area contributed by atoms with Crippen LogP contribution in [0.2, 0.25) is 0 Å². The predicted octanol–water partition coefficient (Wildman–Crippen LogP) is 7.60. The van der Waals surface area contributed by atoms with Gasteiger partial charge in [0.05, 0.1) is 0 Å². The van der Waals surface area contributed by atoms with Gasteiger partial charge in [0.1, 0.15) is 0 Å². The van der Waals surface area contributed by atoms with Crippen molar-refractivity contribution < 1.29 is 0 Å². The summed E-state index contributed by atoms with van der Waals surface area (Å²) in [5.74, 6) is 0.570. The van der Waals surface area contributed by atoms with Crippen molar-refractivity contribution in [3.63, 3.8) is 0 Å². The third-order valence-electron chi connectivity index (χ3n) is 5.48. The van der Waals surface area contributed by atoms with Crippen molar-refractivity contribution in [3.05, 3.63) is 70.8 Å². The minimum Gasteiger partial charge on any atom is -0.0683 e. The summed E-state index contributed by atoms with van der Waals surface area (Å²) in [5, 5.41) is 2.71. The number of aryl methyl sites for hydroxylation is 1. The Hall–Kier alpha value is -2.08. The average molecular weight is 331 g/mol. The van der Waals surface area contributed by atoms with Gasteiger partial charge in [-0.15, -0.1) is 0 Å². The SMILES string of the molecule is CC.Cc1ccc2c(c1)C(C)(C)c1cc3cc(C(C)C)ccc3cc1-2. The molecule has 0 atom stereocenters. The molecule has 0 radical (unpaired) electrons. The fraction of sp³-hybridized carbons (Fsp3) is 0.360. The second-order valence-electron chi connectivity index (χ2n) is 7.83. The van der Waals surface area contributed by atoms with Crippen molar-refractivity contribution in [2.75, 3.05) is 0 Å². The normalized spacial score (nSPS) is 14.1. The first-order valence-electron chi connectivity index (χ1n) is 9.57. The van der Waals surface area contributed by atoms with Crippen LogP contribution in [-0.4, -0.2) is 0 Å². The van der Waals surface area contributed by atoms with Crippen LogP contribution in [0.1, 0.15) is 69.7 Å². The Labute approximate surface area is 152 Å². The number of fused-ring (bicyclic) bond motifs is 4. The Morgan fingerprint density at radius 2 is 1.40 bits per heavy atom. The molecule has 0 heteroatoms. The molecular formula is C25H30. The van der Waals surface area contributed by atoms with E-state index in [0.29, 0.717) is 5.92 Å². The first-order valence-corrected chi connectivity index (χ1v) is 9.57. The highest BCUT2D eigenvalue weighted by Crippen LogP contribution is 2.50. The highest BCUT2D eigenvalue weighted by atomic mass is 14.4. The Balaban J connectivity index is 0.000000880. The van der Waals surface area contributed by atoms with E-state index in [1.165, 1.54) is 44.2 Å². The summed E-state index contributed by atoms with van der Waals surface area (Å²) in [6.45, 7) is 15.4. The molecule has 130 valence electrons. The van der Waals surface area contributed by atoms with E-state index in [9.17, 15) is 0 Å². The summed E-state index contributed by atoms with van der Waals surface area (Å²) >= 11 is 0. The maximum atomic E-state index is 2.42. The van der Waals surface area contributed by atoms with E-state index in [-0.39, 0.29) is 5.41 Å². The molecule has 0 aliphatic heterocycles. The van der Waals surface area contributed by atoms with Gasteiger partial charge in [0.25, 0.3) is 0 Å². The van der Waals surface area contributed by atoms with Crippen molar-refractivity contribution in [1.29, 1.82) is 0 Å². The van der Waals surface area contributed by atoms with Gasteiger partial charge in [-0.1, -0.05) is 83.5 Å². The average Bonchev–Trinajstić information content (AvgIpc) is 2.81. The quantitative estimate of drug-likeness (QED) is 0.431. The lowest BCUT2D eigenvalue weighted by Crippen LogP contribution is -2.15. The second-order valence-corrected chi connectivity index (χ2v) is 7.83. The standard InChI is InChI=1S/C23H24.C2H6/c1-14(2)16-7-8-17-12-20-19-9-6-15(3)10-21(19)23(4,5)22(20)13-18(17)11-16;1-2/h6-14H,1-5H3;1-2H3. The molecule has 1 aliphatic carbocycles. The highest BCUT2D eigenvalue weighted by Gasteiger charge is 2.35. The van der Waals surface area contributed by atoms with Gasteiger partial charge in [0, 0.05) is 5.41 Å². The van der Waals surface area contributed by atoms with Crippen LogP contribution < -0.4 is 0 Å². The number of hydrogen-bond acceptors (Lipinski definition) is 0. The molecule has 4 rings (SSSR count). The van der Waals surface area contributed by atoms with E-state index in [2.05, 4.69) is 83.1 Å². The van der Waals surface area contributed by atoms with Crippen LogP contribution in [-0.2, 0) is 5.41 Å². The maximum absolute atomic E-state index is 2.42. The van der Waals surface area contributed by atoms with Crippen LogP contribution in [0.4, 0.5) is 0 Å². The molecule has 0 saturated heterocycles. The van der Waals surface area contributed by atoms with Crippen molar-refractivity contribution >= 4 is 10.8 Å². The smallest absolute Gasteiger partial charge is 0.0159 e. The van der Waals surface area contributed by atoms with Crippen molar-refractivity contribution in [3.8, 4) is 11.1 Å². The number of hydrogen-bond donors (Lipinski definition) is 0. The molecule has 0 saturated carbocycles. The zero-order chi connectivity index (χ0) is 18.4. The maximum Gasteiger partial charge on any atom is 0.0159 e. The molecule has 0 aromatic heterocycles. The lowest BCUT2D eigenvalue weighted by Gasteiger charge is -2.22. The molecule has 25 heavy (non-hydrogen) atoms. The van der Waals surface area contributed by atoms with Crippen LogP contribution in [0.15, 0.2) is 48.5 Å². The molecule has 3 aromatic rings. The summed E-state index contributed by atoms with van der Waals surface area (Å²) in [5.41, 5.74) is 8.59. The molecule has 0 heterocycles. The zero-order valence-electron chi connectivity index (χ0n) is 16.7. The first-order chi connectivity index (χ1) is 11.9. The molecule has 3 aromatic carbocycles. The van der Waals surface area contributed by atoms with E-state index in [4.69, 9.17) is 0 Å². The zero-order valence-corrected chi connectivity index (χ0v) is 16.7. The minimum absolute atomic E-state index is 0.0821. The van der Waals surface area contributed by atoms with Gasteiger partial charge in [-0.25, -0.2) is 0 Å². The topological polar surface area (TPSA) is 0 Å². The summed E-state index contributed by atoms with van der Waals surface area (Å²) < 4.78 is 0. The predicted molar refractivity (Wildman–Crippen MR) is 112 cm³/mol. The largest absolute Gasteiger partial charge is 0.0683 e. The van der Waals surface area contributed by atoms with Crippen molar-refractivity contribution in [2.45, 2.75) is 59.8 Å². The van der Waals surface area contributed by atoms with E-state index in [0.717, 1.165) is 0 Å². The minimum atomic E-state index is 0.0821. The highest BCUT2D eigenvalue weighted by molar-refractivity contribution is 5.93. The van der Waals surface area contributed by atoms with Crippen LogP contribution >= 0.6 is 0 Å². The third-order valence-corrected chi connectivity index (χ3v) is 5.48. The van der Waals surface area contributed by atoms with E-state index in [1.54, 1.807) is 0 Å². The van der Waals surface area contributed by atoms with E-state index in [1.807, 2.05) is 13.8 Å². The molecule has 0 N–H and O–H groups in total. The lowest BCUT2D eigenvalue weighted by molar-refractivity contribution is 0.660. The van der Waals surface area contributed by atoms with Gasteiger partial charge in [-0.05, 0) is 63.6 Å². The monoisotopic (exact) mass is 330 g/mol. The fourth-order valence-electron chi connectivity index (χ4n) is 3.97. The summed E-state index contributed by atoms with van der Waals surface area (Å²) in [7, 11) is 0. The lowest BCUT2D eigenvalue weighted by atomic mass is 9.81. The molecular weight excluding hydrogens is 300 g/mol. The van der Waals surface area contributed by atoms with Crippen LogP contribution in [0, 0.1) is 6.92 Å². The number of benzene rings is 3. The molecule has 0 unspecified atom stereocenters. The Kier molecular flexibility index (Phi) is 4.49. The van der Waals surface area contributed by atoms with Gasteiger partial charge in [0.15, 0.2) is 0 Å². The molecule has 0 fully saturated rings. The Bertz CT molecular complexity index is 926. The van der Waals surface area contributed by atoms with E-state index >= 15 is 0 Å². The van der Waals surface area contributed by atoms with Crippen LogP contribution in [0.5, 0.6) is 0 Å². The Morgan fingerprint density at radius 1 is 0.720 bits per heavy atom.